The minimum absolute atomic E-state index is 0.0971. The van der Waals surface area contributed by atoms with Crippen LogP contribution in [-0.2, 0) is 4.79 Å². The summed E-state index contributed by atoms with van der Waals surface area (Å²) in [5.74, 6) is -0.261. The first kappa shape index (κ1) is 23.4. The molecule has 2 aromatic carbocycles. The minimum Gasteiger partial charge on any atom is -0.497 e. The molecule has 34 heavy (non-hydrogen) atoms. The molecule has 176 valence electrons. The molecule has 0 aliphatic carbocycles. The SMILES string of the molecule is COc1cccc(-c2nccc([C@H]3CCCN3C(=O)C(C)(C)NC(=O)c3ccccc3F)n2)c1. The van der Waals surface area contributed by atoms with Gasteiger partial charge in [-0.1, -0.05) is 24.3 Å². The van der Waals surface area contributed by atoms with Crippen LogP contribution in [0.1, 0.15) is 48.8 Å². The van der Waals surface area contributed by atoms with Crippen LogP contribution in [0.25, 0.3) is 11.4 Å². The number of ether oxygens (including phenoxy) is 1. The normalized spacial score (nSPS) is 15.8. The Morgan fingerprint density at radius 3 is 2.71 bits per heavy atom. The van der Waals surface area contributed by atoms with E-state index in [0.717, 1.165) is 24.1 Å². The highest BCUT2D eigenvalue weighted by Crippen LogP contribution is 2.33. The first-order valence-electron chi connectivity index (χ1n) is 11.2. The molecule has 4 rings (SSSR count). The van der Waals surface area contributed by atoms with Crippen molar-refractivity contribution >= 4 is 11.8 Å². The lowest BCUT2D eigenvalue weighted by atomic mass is 10.0. The number of likely N-dealkylation sites (tertiary alicyclic amines) is 1. The molecule has 1 saturated heterocycles. The summed E-state index contributed by atoms with van der Waals surface area (Å²) in [6, 6.07) is 14.8. The standard InChI is InChI=1S/C26H27FN4O3/c1-26(2,30-24(32)19-10-4-5-11-20(19)27)25(33)31-15-7-12-22(31)21-13-14-28-23(29-21)17-8-6-9-18(16-17)34-3/h4-6,8-11,13-14,16,22H,7,12,15H2,1-3H3,(H,30,32)/t22-/m1/s1. The summed E-state index contributed by atoms with van der Waals surface area (Å²) in [5, 5.41) is 2.70. The van der Waals surface area contributed by atoms with Gasteiger partial charge in [0.15, 0.2) is 5.82 Å². The lowest BCUT2D eigenvalue weighted by Gasteiger charge is -2.33. The Bertz CT molecular complexity index is 1210. The van der Waals surface area contributed by atoms with E-state index in [9.17, 15) is 14.0 Å². The monoisotopic (exact) mass is 462 g/mol. The maximum atomic E-state index is 14.0. The average molecular weight is 463 g/mol. The fourth-order valence-corrected chi connectivity index (χ4v) is 4.19. The Morgan fingerprint density at radius 2 is 1.94 bits per heavy atom. The largest absolute Gasteiger partial charge is 0.497 e. The van der Waals surface area contributed by atoms with Gasteiger partial charge in [-0.15, -0.1) is 0 Å². The van der Waals surface area contributed by atoms with Crippen molar-refractivity contribution in [2.75, 3.05) is 13.7 Å². The third kappa shape index (κ3) is 4.76. The number of benzene rings is 2. The fraction of sp³-hybridized carbons (Fsp3) is 0.308. The van der Waals surface area contributed by atoms with Crippen LogP contribution in [0.5, 0.6) is 5.75 Å². The smallest absolute Gasteiger partial charge is 0.255 e. The van der Waals surface area contributed by atoms with Gasteiger partial charge in [-0.05, 0) is 57.0 Å². The number of rotatable bonds is 6. The molecular formula is C26H27FN4O3. The van der Waals surface area contributed by atoms with Crippen LogP contribution in [0.15, 0.2) is 60.8 Å². The molecule has 7 nitrogen and oxygen atoms in total. The second-order valence-corrected chi connectivity index (χ2v) is 8.75. The fourth-order valence-electron chi connectivity index (χ4n) is 4.19. The van der Waals surface area contributed by atoms with Crippen molar-refractivity contribution in [3.05, 3.63) is 77.9 Å². The van der Waals surface area contributed by atoms with Crippen LogP contribution in [-0.4, -0.2) is 45.9 Å². The summed E-state index contributed by atoms with van der Waals surface area (Å²) in [7, 11) is 1.60. The van der Waals surface area contributed by atoms with Crippen molar-refractivity contribution in [2.24, 2.45) is 0 Å². The molecule has 0 saturated carbocycles. The third-order valence-corrected chi connectivity index (χ3v) is 5.94. The van der Waals surface area contributed by atoms with Crippen molar-refractivity contribution in [3.63, 3.8) is 0 Å². The summed E-state index contributed by atoms with van der Waals surface area (Å²) in [6.07, 6.45) is 3.24. The second kappa shape index (κ2) is 9.59. The van der Waals surface area contributed by atoms with Crippen molar-refractivity contribution in [1.82, 2.24) is 20.2 Å². The van der Waals surface area contributed by atoms with Crippen LogP contribution in [0, 0.1) is 5.82 Å². The molecular weight excluding hydrogens is 435 g/mol. The summed E-state index contributed by atoms with van der Waals surface area (Å²) >= 11 is 0. The number of hydrogen-bond donors (Lipinski definition) is 1. The highest BCUT2D eigenvalue weighted by molar-refractivity contribution is 5.99. The average Bonchev–Trinajstić information content (AvgIpc) is 3.33. The molecule has 0 unspecified atom stereocenters. The van der Waals surface area contributed by atoms with Crippen molar-refractivity contribution in [3.8, 4) is 17.1 Å². The van der Waals surface area contributed by atoms with Crippen molar-refractivity contribution in [2.45, 2.75) is 38.3 Å². The number of carbonyl (C=O) groups is 2. The third-order valence-electron chi connectivity index (χ3n) is 5.94. The Kier molecular flexibility index (Phi) is 6.58. The van der Waals surface area contributed by atoms with E-state index in [1.807, 2.05) is 30.3 Å². The van der Waals surface area contributed by atoms with Crippen LogP contribution < -0.4 is 10.1 Å². The van der Waals surface area contributed by atoms with Gasteiger partial charge in [0.25, 0.3) is 5.91 Å². The molecule has 1 N–H and O–H groups in total. The van der Waals surface area contributed by atoms with E-state index < -0.39 is 17.3 Å². The minimum atomic E-state index is -1.23. The van der Waals surface area contributed by atoms with Crippen LogP contribution >= 0.6 is 0 Å². The van der Waals surface area contributed by atoms with Gasteiger partial charge in [-0.2, -0.15) is 0 Å². The summed E-state index contributed by atoms with van der Waals surface area (Å²) in [4.78, 5) is 37.0. The van der Waals surface area contributed by atoms with E-state index >= 15 is 0 Å². The van der Waals surface area contributed by atoms with Gasteiger partial charge >= 0.3 is 0 Å². The zero-order chi connectivity index (χ0) is 24.3. The Labute approximate surface area is 198 Å². The van der Waals surface area contributed by atoms with E-state index in [4.69, 9.17) is 9.72 Å². The molecule has 1 fully saturated rings. The quantitative estimate of drug-likeness (QED) is 0.595. The topological polar surface area (TPSA) is 84.4 Å². The van der Waals surface area contributed by atoms with Gasteiger partial charge in [0.2, 0.25) is 5.91 Å². The van der Waals surface area contributed by atoms with Crippen LogP contribution in [0.2, 0.25) is 0 Å². The number of nitrogens with zero attached hydrogens (tertiary/aromatic N) is 3. The van der Waals surface area contributed by atoms with Gasteiger partial charge in [-0.25, -0.2) is 14.4 Å². The number of carbonyl (C=O) groups excluding carboxylic acids is 2. The molecule has 2 heterocycles. The molecule has 8 heteroatoms. The van der Waals surface area contributed by atoms with E-state index in [2.05, 4.69) is 10.3 Å². The maximum absolute atomic E-state index is 14.0. The molecule has 1 atom stereocenters. The van der Waals surface area contributed by atoms with Crippen LogP contribution in [0.4, 0.5) is 4.39 Å². The number of nitrogens with one attached hydrogen (secondary N) is 1. The zero-order valence-corrected chi connectivity index (χ0v) is 19.4. The molecule has 3 aromatic rings. The van der Waals surface area contributed by atoms with Gasteiger partial charge in [0.05, 0.1) is 24.4 Å². The van der Waals surface area contributed by atoms with Crippen molar-refractivity contribution < 1.29 is 18.7 Å². The van der Waals surface area contributed by atoms with E-state index in [1.54, 1.807) is 38.1 Å². The second-order valence-electron chi connectivity index (χ2n) is 8.75. The number of aromatic nitrogens is 2. The zero-order valence-electron chi connectivity index (χ0n) is 19.4. The van der Waals surface area contributed by atoms with Gasteiger partial charge in [-0.3, -0.25) is 9.59 Å². The predicted molar refractivity (Wildman–Crippen MR) is 126 cm³/mol. The molecule has 0 bridgehead atoms. The molecule has 1 aromatic heterocycles. The van der Waals surface area contributed by atoms with E-state index in [1.165, 1.54) is 18.2 Å². The van der Waals surface area contributed by atoms with Crippen molar-refractivity contribution in [1.29, 1.82) is 0 Å². The predicted octanol–water partition coefficient (Wildman–Crippen LogP) is 4.16. The first-order chi connectivity index (χ1) is 16.3. The Hall–Kier alpha value is -3.81. The Morgan fingerprint density at radius 1 is 1.15 bits per heavy atom. The Balaban J connectivity index is 1.55. The number of halogens is 1. The number of hydrogen-bond acceptors (Lipinski definition) is 5. The highest BCUT2D eigenvalue weighted by Gasteiger charge is 2.40. The first-order valence-corrected chi connectivity index (χ1v) is 11.2. The highest BCUT2D eigenvalue weighted by atomic mass is 19.1. The lowest BCUT2D eigenvalue weighted by molar-refractivity contribution is -0.137. The molecule has 2 amide bonds. The molecule has 0 spiro atoms. The number of amides is 2. The molecule has 1 aliphatic heterocycles. The lowest BCUT2D eigenvalue weighted by Crippen LogP contribution is -2.55. The van der Waals surface area contributed by atoms with Gasteiger partial charge in [0.1, 0.15) is 17.1 Å². The van der Waals surface area contributed by atoms with Crippen LogP contribution in [0.3, 0.4) is 0 Å². The summed E-state index contributed by atoms with van der Waals surface area (Å²) in [5.41, 5.74) is 0.217. The maximum Gasteiger partial charge on any atom is 0.255 e. The molecule has 1 aliphatic rings. The molecule has 0 radical (unpaired) electrons. The van der Waals surface area contributed by atoms with Gasteiger partial charge < -0.3 is 15.0 Å². The van der Waals surface area contributed by atoms with Gasteiger partial charge in [0, 0.05) is 18.3 Å². The summed E-state index contributed by atoms with van der Waals surface area (Å²) in [6.45, 7) is 3.80. The van der Waals surface area contributed by atoms with E-state index in [-0.39, 0.29) is 17.5 Å². The van der Waals surface area contributed by atoms with E-state index in [0.29, 0.717) is 18.1 Å². The summed E-state index contributed by atoms with van der Waals surface area (Å²) < 4.78 is 19.3. The number of methoxy groups -OCH3 is 1.